The van der Waals surface area contributed by atoms with Gasteiger partial charge in [-0.1, -0.05) is 31.4 Å². The summed E-state index contributed by atoms with van der Waals surface area (Å²) in [7, 11) is 1.66. The first-order chi connectivity index (χ1) is 14.7. The van der Waals surface area contributed by atoms with Crippen LogP contribution in [0.2, 0.25) is 0 Å². The Kier molecular flexibility index (Phi) is 8.68. The molecule has 0 bridgehead atoms. The smallest absolute Gasteiger partial charge is 0.240 e. The Morgan fingerprint density at radius 3 is 2.67 bits per heavy atom. The molecule has 1 aromatic heterocycles. The van der Waals surface area contributed by atoms with Gasteiger partial charge in [0.1, 0.15) is 12.4 Å². The van der Waals surface area contributed by atoms with Crippen LogP contribution in [0.5, 0.6) is 0 Å². The maximum atomic E-state index is 12.4. The minimum Gasteiger partial charge on any atom is -0.385 e. The lowest BCUT2D eigenvalue weighted by molar-refractivity contribution is -0.126. The van der Waals surface area contributed by atoms with Crippen molar-refractivity contribution in [3.63, 3.8) is 0 Å². The number of methoxy groups -OCH3 is 1. The Bertz CT molecular complexity index is 827. The second-order valence-electron chi connectivity index (χ2n) is 8.03. The molecule has 1 saturated carbocycles. The minimum atomic E-state index is -0.0268. The number of benzene rings is 1. The van der Waals surface area contributed by atoms with Gasteiger partial charge in [-0.05, 0) is 37.8 Å². The van der Waals surface area contributed by atoms with Gasteiger partial charge in [0.15, 0.2) is 0 Å². The quantitative estimate of drug-likeness (QED) is 0.554. The van der Waals surface area contributed by atoms with Gasteiger partial charge in [0.05, 0.1) is 11.0 Å². The maximum Gasteiger partial charge on any atom is 0.240 e. The molecule has 0 unspecified atom stereocenters. The van der Waals surface area contributed by atoms with Crippen molar-refractivity contribution in [2.75, 3.05) is 26.8 Å². The third-order valence-corrected chi connectivity index (χ3v) is 5.74. The first kappa shape index (κ1) is 22.3. The summed E-state index contributed by atoms with van der Waals surface area (Å²) in [6, 6.07) is 7.88. The summed E-state index contributed by atoms with van der Waals surface area (Å²) >= 11 is 0. The van der Waals surface area contributed by atoms with Gasteiger partial charge in [0, 0.05) is 39.1 Å². The summed E-state index contributed by atoms with van der Waals surface area (Å²) in [5.74, 6) is 1.24. The van der Waals surface area contributed by atoms with E-state index < -0.39 is 0 Å². The van der Waals surface area contributed by atoms with Gasteiger partial charge in [-0.15, -0.1) is 0 Å². The van der Waals surface area contributed by atoms with E-state index in [9.17, 15) is 9.59 Å². The van der Waals surface area contributed by atoms with Gasteiger partial charge >= 0.3 is 0 Å². The van der Waals surface area contributed by atoms with E-state index in [0.717, 1.165) is 61.8 Å². The molecule has 0 saturated heterocycles. The monoisotopic (exact) mass is 414 g/mol. The van der Waals surface area contributed by atoms with Crippen LogP contribution < -0.4 is 10.6 Å². The van der Waals surface area contributed by atoms with Crippen LogP contribution in [-0.2, 0) is 27.3 Å². The van der Waals surface area contributed by atoms with Crippen LogP contribution in [0.3, 0.4) is 0 Å². The van der Waals surface area contributed by atoms with Crippen molar-refractivity contribution in [2.24, 2.45) is 5.92 Å². The van der Waals surface area contributed by atoms with Crippen molar-refractivity contribution < 1.29 is 14.3 Å². The number of nitrogens with zero attached hydrogens (tertiary/aromatic N) is 2. The highest BCUT2D eigenvalue weighted by molar-refractivity contribution is 5.81. The molecule has 1 aliphatic carbocycles. The molecule has 2 N–H and O–H groups in total. The van der Waals surface area contributed by atoms with Crippen molar-refractivity contribution >= 4 is 22.8 Å². The fourth-order valence-electron chi connectivity index (χ4n) is 4.10. The van der Waals surface area contributed by atoms with Crippen LogP contribution in [0.1, 0.15) is 50.8 Å². The van der Waals surface area contributed by atoms with Crippen molar-refractivity contribution in [1.29, 1.82) is 0 Å². The molecule has 30 heavy (non-hydrogen) atoms. The first-order valence-electron chi connectivity index (χ1n) is 11.2. The van der Waals surface area contributed by atoms with Gasteiger partial charge in [-0.25, -0.2) is 4.98 Å². The van der Waals surface area contributed by atoms with Crippen LogP contribution in [0.4, 0.5) is 0 Å². The molecule has 1 fully saturated rings. The SMILES string of the molecule is COCCCNC(=O)Cn1c(CCCNC(=O)C2CCCCC2)nc2ccccc21. The summed E-state index contributed by atoms with van der Waals surface area (Å²) in [5.41, 5.74) is 1.86. The van der Waals surface area contributed by atoms with Gasteiger partial charge in [-0.2, -0.15) is 0 Å². The van der Waals surface area contributed by atoms with Crippen molar-refractivity contribution in [3.8, 4) is 0 Å². The van der Waals surface area contributed by atoms with Crippen LogP contribution in [0, 0.1) is 5.92 Å². The lowest BCUT2D eigenvalue weighted by Gasteiger charge is -2.20. The molecule has 0 spiro atoms. The maximum absolute atomic E-state index is 12.4. The third kappa shape index (κ3) is 6.29. The molecule has 3 rings (SSSR count). The summed E-state index contributed by atoms with van der Waals surface area (Å²) in [6.45, 7) is 2.12. The standard InChI is InChI=1S/C23H34N4O3/c1-30-16-8-15-24-22(28)17-27-20-12-6-5-11-19(20)26-21(27)13-7-14-25-23(29)18-9-3-2-4-10-18/h5-6,11-12,18H,2-4,7-10,13-17H2,1H3,(H,24,28)(H,25,29). The Morgan fingerprint density at radius 2 is 1.87 bits per heavy atom. The van der Waals surface area contributed by atoms with Gasteiger partial charge in [0.2, 0.25) is 11.8 Å². The molecule has 0 aliphatic heterocycles. The zero-order valence-corrected chi connectivity index (χ0v) is 18.0. The number of hydrogen-bond donors (Lipinski definition) is 2. The number of aryl methyl sites for hydroxylation is 1. The molecule has 7 nitrogen and oxygen atoms in total. The number of imidazole rings is 1. The Balaban J connectivity index is 1.54. The summed E-state index contributed by atoms with van der Waals surface area (Å²) < 4.78 is 7.01. The zero-order valence-electron chi connectivity index (χ0n) is 18.0. The third-order valence-electron chi connectivity index (χ3n) is 5.74. The number of carbonyl (C=O) groups excluding carboxylic acids is 2. The Morgan fingerprint density at radius 1 is 1.10 bits per heavy atom. The average Bonchev–Trinajstić information content (AvgIpc) is 3.12. The summed E-state index contributed by atoms with van der Waals surface area (Å²) in [4.78, 5) is 29.5. The highest BCUT2D eigenvalue weighted by Crippen LogP contribution is 2.23. The number of nitrogens with one attached hydrogen (secondary N) is 2. The van der Waals surface area contributed by atoms with E-state index in [4.69, 9.17) is 9.72 Å². The minimum absolute atomic E-state index is 0.0268. The van der Waals surface area contributed by atoms with Gasteiger partial charge in [-0.3, -0.25) is 9.59 Å². The van der Waals surface area contributed by atoms with Crippen LogP contribution in [0.25, 0.3) is 11.0 Å². The molecular weight excluding hydrogens is 380 g/mol. The molecule has 1 aromatic carbocycles. The second kappa shape index (κ2) is 11.7. The molecule has 164 valence electrons. The van der Waals surface area contributed by atoms with E-state index in [-0.39, 0.29) is 24.3 Å². The lowest BCUT2D eigenvalue weighted by Crippen LogP contribution is -2.33. The predicted molar refractivity (Wildman–Crippen MR) is 117 cm³/mol. The summed E-state index contributed by atoms with van der Waals surface area (Å²) in [5, 5.41) is 6.03. The van der Waals surface area contributed by atoms with Gasteiger partial charge in [0.25, 0.3) is 0 Å². The number of amides is 2. The molecule has 0 atom stereocenters. The van der Waals surface area contributed by atoms with E-state index in [0.29, 0.717) is 19.7 Å². The fourth-order valence-corrected chi connectivity index (χ4v) is 4.10. The zero-order chi connectivity index (χ0) is 21.2. The number of ether oxygens (including phenoxy) is 1. The molecule has 1 heterocycles. The molecular formula is C23H34N4O3. The Hall–Kier alpha value is -2.41. The fraction of sp³-hybridized carbons (Fsp3) is 0.609. The van der Waals surface area contributed by atoms with E-state index in [2.05, 4.69) is 10.6 Å². The number of carbonyl (C=O) groups is 2. The molecule has 0 radical (unpaired) electrons. The topological polar surface area (TPSA) is 85.2 Å². The molecule has 2 aromatic rings. The van der Waals surface area contributed by atoms with Crippen LogP contribution in [-0.4, -0.2) is 48.2 Å². The highest BCUT2D eigenvalue weighted by Gasteiger charge is 2.20. The van der Waals surface area contributed by atoms with E-state index in [1.165, 1.54) is 6.42 Å². The lowest BCUT2D eigenvalue weighted by atomic mass is 9.89. The second-order valence-corrected chi connectivity index (χ2v) is 8.03. The number of fused-ring (bicyclic) bond motifs is 1. The first-order valence-corrected chi connectivity index (χ1v) is 11.2. The van der Waals surface area contributed by atoms with E-state index in [1.54, 1.807) is 7.11 Å². The van der Waals surface area contributed by atoms with Crippen LogP contribution in [0.15, 0.2) is 24.3 Å². The number of hydrogen-bond acceptors (Lipinski definition) is 4. The average molecular weight is 415 g/mol. The number of rotatable bonds is 11. The number of aromatic nitrogens is 2. The highest BCUT2D eigenvalue weighted by atomic mass is 16.5. The number of para-hydroxylation sites is 2. The Labute approximate surface area is 178 Å². The largest absolute Gasteiger partial charge is 0.385 e. The van der Waals surface area contributed by atoms with Crippen molar-refractivity contribution in [1.82, 2.24) is 20.2 Å². The molecule has 1 aliphatic rings. The predicted octanol–water partition coefficient (Wildman–Crippen LogP) is 2.82. The van der Waals surface area contributed by atoms with Crippen molar-refractivity contribution in [2.45, 2.75) is 57.9 Å². The van der Waals surface area contributed by atoms with E-state index in [1.807, 2.05) is 28.8 Å². The van der Waals surface area contributed by atoms with E-state index >= 15 is 0 Å². The van der Waals surface area contributed by atoms with Crippen molar-refractivity contribution in [3.05, 3.63) is 30.1 Å². The summed E-state index contributed by atoms with van der Waals surface area (Å²) in [6.07, 6.45) is 7.92. The van der Waals surface area contributed by atoms with Gasteiger partial charge < -0.3 is 19.9 Å². The van der Waals surface area contributed by atoms with Crippen LogP contribution >= 0.6 is 0 Å². The normalized spacial score (nSPS) is 14.7. The molecule has 7 heteroatoms. The molecule has 2 amide bonds.